The summed E-state index contributed by atoms with van der Waals surface area (Å²) >= 11 is 1.37. The molecule has 1 aromatic heterocycles. The molecule has 0 aliphatic rings. The van der Waals surface area contributed by atoms with Crippen LogP contribution in [-0.2, 0) is 21.5 Å². The molecule has 28 heavy (non-hydrogen) atoms. The summed E-state index contributed by atoms with van der Waals surface area (Å²) < 4.78 is 7.02. The van der Waals surface area contributed by atoms with Gasteiger partial charge in [0.25, 0.3) is 0 Å². The predicted molar refractivity (Wildman–Crippen MR) is 115 cm³/mol. The molecule has 0 bridgehead atoms. The Balaban J connectivity index is 2.15. The Hall–Kier alpha value is -2.12. The van der Waals surface area contributed by atoms with E-state index >= 15 is 0 Å². The van der Waals surface area contributed by atoms with Crippen molar-refractivity contribution in [1.29, 1.82) is 0 Å². The van der Waals surface area contributed by atoms with E-state index in [2.05, 4.69) is 67.1 Å². The van der Waals surface area contributed by atoms with Crippen LogP contribution < -0.4 is 5.32 Å². The molecule has 1 amide bonds. The monoisotopic (exact) mass is 402 g/mol. The number of carbonyl (C=O) groups excluding carboxylic acids is 1. The molecule has 0 spiro atoms. The highest BCUT2D eigenvalue weighted by molar-refractivity contribution is 7.99. The Morgan fingerprint density at radius 1 is 1.32 bits per heavy atom. The van der Waals surface area contributed by atoms with Crippen molar-refractivity contribution in [2.24, 2.45) is 0 Å². The minimum atomic E-state index is -0.0567. The first-order chi connectivity index (χ1) is 13.3. The Morgan fingerprint density at radius 2 is 2.00 bits per heavy atom. The molecule has 1 aromatic carbocycles. The molecule has 7 heteroatoms. The Bertz CT molecular complexity index is 794. The lowest BCUT2D eigenvalue weighted by molar-refractivity contribution is -0.119. The zero-order chi connectivity index (χ0) is 20.7. The van der Waals surface area contributed by atoms with Crippen LogP contribution in [0.5, 0.6) is 0 Å². The van der Waals surface area contributed by atoms with Gasteiger partial charge in [0.2, 0.25) is 5.91 Å². The van der Waals surface area contributed by atoms with Gasteiger partial charge in [0.05, 0.1) is 12.4 Å². The maximum atomic E-state index is 12.1. The molecule has 6 nitrogen and oxygen atoms in total. The molecule has 0 saturated heterocycles. The van der Waals surface area contributed by atoms with Crippen LogP contribution in [0.15, 0.2) is 42.1 Å². The van der Waals surface area contributed by atoms with E-state index in [-0.39, 0.29) is 23.1 Å². The number of benzene rings is 1. The van der Waals surface area contributed by atoms with E-state index in [1.165, 1.54) is 17.3 Å². The number of nitrogens with zero attached hydrogens (tertiary/aromatic N) is 3. The summed E-state index contributed by atoms with van der Waals surface area (Å²) in [6.45, 7) is 13.4. The van der Waals surface area contributed by atoms with E-state index in [1.54, 1.807) is 13.2 Å². The van der Waals surface area contributed by atoms with Gasteiger partial charge in [0, 0.05) is 25.3 Å². The minimum absolute atomic E-state index is 0.0268. The standard InChI is InChI=1S/C21H30N4O2S/c1-7-12-25-19(16-8-10-17(11-9-16)21(3,4)5)23-24-20(25)28-14-18(26)22-15(2)13-27-6/h7-11,15H,1,12-14H2,2-6H3,(H,22,26). The van der Waals surface area contributed by atoms with Gasteiger partial charge >= 0.3 is 0 Å². The highest BCUT2D eigenvalue weighted by atomic mass is 32.2. The molecule has 152 valence electrons. The van der Waals surface area contributed by atoms with Crippen LogP contribution in [0.25, 0.3) is 11.4 Å². The van der Waals surface area contributed by atoms with Crippen LogP contribution in [-0.4, -0.2) is 46.2 Å². The van der Waals surface area contributed by atoms with Crippen molar-refractivity contribution in [2.45, 2.75) is 50.9 Å². The van der Waals surface area contributed by atoms with Crippen molar-refractivity contribution in [3.8, 4) is 11.4 Å². The molecule has 1 atom stereocenters. The summed E-state index contributed by atoms with van der Waals surface area (Å²) in [5, 5.41) is 12.2. The first-order valence-electron chi connectivity index (χ1n) is 9.32. The number of ether oxygens (including phenoxy) is 1. The maximum Gasteiger partial charge on any atom is 0.230 e. The second-order valence-electron chi connectivity index (χ2n) is 7.75. The third kappa shape index (κ3) is 5.94. The minimum Gasteiger partial charge on any atom is -0.383 e. The van der Waals surface area contributed by atoms with Crippen molar-refractivity contribution in [3.63, 3.8) is 0 Å². The van der Waals surface area contributed by atoms with Crippen LogP contribution in [0.1, 0.15) is 33.3 Å². The zero-order valence-electron chi connectivity index (χ0n) is 17.4. The van der Waals surface area contributed by atoms with Crippen LogP contribution in [0.2, 0.25) is 0 Å². The van der Waals surface area contributed by atoms with Gasteiger partial charge in [-0.3, -0.25) is 9.36 Å². The van der Waals surface area contributed by atoms with Gasteiger partial charge < -0.3 is 10.1 Å². The van der Waals surface area contributed by atoms with Crippen LogP contribution in [0, 0.1) is 0 Å². The highest BCUT2D eigenvalue weighted by Gasteiger charge is 2.17. The SMILES string of the molecule is C=CCn1c(SCC(=O)NC(C)COC)nnc1-c1ccc(C(C)(C)C)cc1. The van der Waals surface area contributed by atoms with E-state index in [1.807, 2.05) is 11.5 Å². The summed E-state index contributed by atoms with van der Waals surface area (Å²) in [7, 11) is 1.62. The van der Waals surface area contributed by atoms with Crippen molar-refractivity contribution in [3.05, 3.63) is 42.5 Å². The van der Waals surface area contributed by atoms with E-state index < -0.39 is 0 Å². The molecular weight excluding hydrogens is 372 g/mol. The average Bonchev–Trinajstić information content (AvgIpc) is 3.02. The molecular formula is C21H30N4O2S. The number of amides is 1. The Morgan fingerprint density at radius 3 is 2.57 bits per heavy atom. The quantitative estimate of drug-likeness (QED) is 0.512. The fourth-order valence-corrected chi connectivity index (χ4v) is 3.52. The largest absolute Gasteiger partial charge is 0.383 e. The zero-order valence-corrected chi connectivity index (χ0v) is 18.2. The van der Waals surface area contributed by atoms with Crippen LogP contribution in [0.3, 0.4) is 0 Å². The molecule has 1 unspecified atom stereocenters. The molecule has 2 rings (SSSR count). The van der Waals surface area contributed by atoms with Crippen molar-refractivity contribution < 1.29 is 9.53 Å². The summed E-state index contributed by atoms with van der Waals surface area (Å²) in [6.07, 6.45) is 1.81. The number of hydrogen-bond donors (Lipinski definition) is 1. The number of allylic oxidation sites excluding steroid dienone is 1. The van der Waals surface area contributed by atoms with Gasteiger partial charge in [-0.05, 0) is 17.9 Å². The Kier molecular flexibility index (Phi) is 7.83. The number of nitrogens with one attached hydrogen (secondary N) is 1. The number of methoxy groups -OCH3 is 1. The lowest BCUT2D eigenvalue weighted by atomic mass is 9.87. The van der Waals surface area contributed by atoms with Gasteiger partial charge in [-0.25, -0.2) is 0 Å². The number of thioether (sulfide) groups is 1. The maximum absolute atomic E-state index is 12.1. The molecule has 0 aliphatic heterocycles. The molecule has 1 heterocycles. The highest BCUT2D eigenvalue weighted by Crippen LogP contribution is 2.27. The first kappa shape index (κ1) is 22.2. The summed E-state index contributed by atoms with van der Waals surface area (Å²) in [5.74, 6) is 0.988. The van der Waals surface area contributed by atoms with E-state index in [0.29, 0.717) is 18.3 Å². The predicted octanol–water partition coefficient (Wildman–Crippen LogP) is 3.67. The molecule has 0 aliphatic carbocycles. The molecule has 0 radical (unpaired) electrons. The third-order valence-corrected chi connectivity index (χ3v) is 5.16. The van der Waals surface area contributed by atoms with Gasteiger partial charge in [0.15, 0.2) is 11.0 Å². The Labute approximate surface area is 171 Å². The smallest absolute Gasteiger partial charge is 0.230 e. The van der Waals surface area contributed by atoms with Crippen molar-refractivity contribution in [1.82, 2.24) is 20.1 Å². The fraction of sp³-hybridized carbons (Fsp3) is 0.476. The molecule has 2 aromatic rings. The van der Waals surface area contributed by atoms with Gasteiger partial charge in [-0.2, -0.15) is 0 Å². The van der Waals surface area contributed by atoms with Gasteiger partial charge in [-0.15, -0.1) is 16.8 Å². The van der Waals surface area contributed by atoms with E-state index in [0.717, 1.165) is 11.4 Å². The van der Waals surface area contributed by atoms with Gasteiger partial charge in [-0.1, -0.05) is 62.9 Å². The topological polar surface area (TPSA) is 69.0 Å². The number of rotatable bonds is 9. The van der Waals surface area contributed by atoms with Crippen LogP contribution >= 0.6 is 11.8 Å². The van der Waals surface area contributed by atoms with Crippen molar-refractivity contribution >= 4 is 17.7 Å². The summed E-state index contributed by atoms with van der Waals surface area (Å²) in [6, 6.07) is 8.36. The van der Waals surface area contributed by atoms with Gasteiger partial charge in [0.1, 0.15) is 0 Å². The lowest BCUT2D eigenvalue weighted by Crippen LogP contribution is -2.36. The normalized spacial score (nSPS) is 12.6. The summed E-state index contributed by atoms with van der Waals surface area (Å²) in [4.78, 5) is 12.1. The lowest BCUT2D eigenvalue weighted by Gasteiger charge is -2.19. The molecule has 0 fully saturated rings. The van der Waals surface area contributed by atoms with E-state index in [9.17, 15) is 4.79 Å². The number of aromatic nitrogens is 3. The molecule has 1 N–H and O–H groups in total. The second kappa shape index (κ2) is 9.89. The first-order valence-corrected chi connectivity index (χ1v) is 10.3. The third-order valence-electron chi connectivity index (χ3n) is 4.19. The fourth-order valence-electron chi connectivity index (χ4n) is 2.76. The van der Waals surface area contributed by atoms with Crippen molar-refractivity contribution in [2.75, 3.05) is 19.5 Å². The number of hydrogen-bond acceptors (Lipinski definition) is 5. The molecule has 0 saturated carbocycles. The number of carbonyl (C=O) groups is 1. The second-order valence-corrected chi connectivity index (χ2v) is 8.69. The summed E-state index contributed by atoms with van der Waals surface area (Å²) in [5.41, 5.74) is 2.36. The van der Waals surface area contributed by atoms with Crippen LogP contribution in [0.4, 0.5) is 0 Å². The average molecular weight is 403 g/mol. The van der Waals surface area contributed by atoms with E-state index in [4.69, 9.17) is 4.74 Å².